The van der Waals surface area contributed by atoms with Crippen molar-refractivity contribution in [3.8, 4) is 0 Å². The Labute approximate surface area is 123 Å². The molecule has 0 bridgehead atoms. The lowest BCUT2D eigenvalue weighted by Gasteiger charge is -2.10. The third-order valence-electron chi connectivity index (χ3n) is 2.76. The summed E-state index contributed by atoms with van der Waals surface area (Å²) >= 11 is 0. The molecular weight excluding hydrogens is 271 g/mol. The summed E-state index contributed by atoms with van der Waals surface area (Å²) in [6.07, 6.45) is 2.43. The number of benzene rings is 1. The summed E-state index contributed by atoms with van der Waals surface area (Å²) in [4.78, 5) is 6.36. The van der Waals surface area contributed by atoms with Gasteiger partial charge in [0.25, 0.3) is 0 Å². The highest BCUT2D eigenvalue weighted by molar-refractivity contribution is 5.56. The molecule has 1 aromatic heterocycles. The van der Waals surface area contributed by atoms with Crippen LogP contribution in [0.1, 0.15) is 6.42 Å². The molecule has 0 aliphatic rings. The predicted molar refractivity (Wildman–Crippen MR) is 81.2 cm³/mol. The van der Waals surface area contributed by atoms with Crippen molar-refractivity contribution in [3.05, 3.63) is 36.3 Å². The van der Waals surface area contributed by atoms with Crippen LogP contribution in [0.4, 0.5) is 21.8 Å². The molecule has 0 radical (unpaired) electrons. The first-order chi connectivity index (χ1) is 10.1. The molecule has 0 atom stereocenters. The molecule has 0 amide bonds. The molecule has 112 valence electrons. The quantitative estimate of drug-likeness (QED) is 0.761. The highest BCUT2D eigenvalue weighted by Gasteiger charge is 2.04. The number of aromatic nitrogens is 3. The molecule has 0 saturated carbocycles. The molecule has 21 heavy (non-hydrogen) atoms. The van der Waals surface area contributed by atoms with E-state index in [1.54, 1.807) is 18.2 Å². The van der Waals surface area contributed by atoms with Crippen molar-refractivity contribution in [1.29, 1.82) is 0 Å². The molecule has 0 saturated heterocycles. The minimum absolute atomic E-state index is 0.336. The third-order valence-corrected chi connectivity index (χ3v) is 2.76. The van der Waals surface area contributed by atoms with E-state index in [9.17, 15) is 4.39 Å². The summed E-state index contributed by atoms with van der Waals surface area (Å²) in [7, 11) is 4.05. The van der Waals surface area contributed by atoms with Crippen molar-refractivity contribution in [2.75, 3.05) is 37.8 Å². The Morgan fingerprint density at radius 2 is 2.05 bits per heavy atom. The topological polar surface area (TPSA) is 66.0 Å². The van der Waals surface area contributed by atoms with Gasteiger partial charge in [-0.1, -0.05) is 12.1 Å². The molecule has 7 heteroatoms. The van der Waals surface area contributed by atoms with E-state index < -0.39 is 0 Å². The molecule has 1 heterocycles. The van der Waals surface area contributed by atoms with Crippen LogP contribution in [0.5, 0.6) is 0 Å². The Kier molecular flexibility index (Phi) is 5.39. The standard InChI is InChI=1S/C14H19FN6/c1-21(2)9-5-8-16-14-19-13(10-17-20-14)18-12-7-4-3-6-11(12)15/h3-4,6-7,10H,5,8-9H2,1-2H3,(H2,16,18,19,20). The highest BCUT2D eigenvalue weighted by atomic mass is 19.1. The molecule has 0 spiro atoms. The Hall–Kier alpha value is -2.28. The summed E-state index contributed by atoms with van der Waals surface area (Å²) < 4.78 is 13.6. The van der Waals surface area contributed by atoms with Crippen molar-refractivity contribution < 1.29 is 4.39 Å². The van der Waals surface area contributed by atoms with Crippen LogP contribution in [0, 0.1) is 5.82 Å². The van der Waals surface area contributed by atoms with Crippen molar-refractivity contribution >= 4 is 17.5 Å². The molecule has 0 aliphatic heterocycles. The van der Waals surface area contributed by atoms with E-state index in [0.717, 1.165) is 19.5 Å². The summed E-state index contributed by atoms with van der Waals surface area (Å²) in [5.74, 6) is 0.539. The van der Waals surface area contributed by atoms with Gasteiger partial charge in [0.05, 0.1) is 11.9 Å². The van der Waals surface area contributed by atoms with E-state index in [1.165, 1.54) is 12.3 Å². The van der Waals surface area contributed by atoms with E-state index in [1.807, 2.05) is 14.1 Å². The summed E-state index contributed by atoms with van der Waals surface area (Å²) in [6, 6.07) is 6.41. The number of hydrogen-bond donors (Lipinski definition) is 2. The number of anilines is 3. The lowest BCUT2D eigenvalue weighted by Crippen LogP contribution is -2.17. The fourth-order valence-electron chi connectivity index (χ4n) is 1.73. The second-order valence-corrected chi connectivity index (χ2v) is 4.85. The van der Waals surface area contributed by atoms with Gasteiger partial charge in [0, 0.05) is 6.54 Å². The second kappa shape index (κ2) is 7.49. The van der Waals surface area contributed by atoms with Crippen LogP contribution in [-0.4, -0.2) is 47.3 Å². The molecule has 2 rings (SSSR count). The minimum Gasteiger partial charge on any atom is -0.353 e. The summed E-state index contributed by atoms with van der Waals surface area (Å²) in [5.41, 5.74) is 0.358. The van der Waals surface area contributed by atoms with Crippen LogP contribution >= 0.6 is 0 Å². The first-order valence-corrected chi connectivity index (χ1v) is 6.75. The zero-order valence-corrected chi connectivity index (χ0v) is 12.2. The maximum Gasteiger partial charge on any atom is 0.244 e. The van der Waals surface area contributed by atoms with Gasteiger partial charge >= 0.3 is 0 Å². The Bertz CT molecular complexity index is 575. The normalized spacial score (nSPS) is 10.7. The minimum atomic E-state index is -0.336. The molecule has 0 fully saturated rings. The van der Waals surface area contributed by atoms with Crippen LogP contribution in [0.25, 0.3) is 0 Å². The van der Waals surface area contributed by atoms with Gasteiger partial charge in [0.2, 0.25) is 5.95 Å². The number of halogens is 1. The summed E-state index contributed by atoms with van der Waals surface area (Å²) in [6.45, 7) is 1.73. The van der Waals surface area contributed by atoms with Gasteiger partial charge in [0.15, 0.2) is 5.82 Å². The van der Waals surface area contributed by atoms with Crippen molar-refractivity contribution in [2.45, 2.75) is 6.42 Å². The van der Waals surface area contributed by atoms with Crippen LogP contribution in [0.15, 0.2) is 30.5 Å². The molecule has 6 nitrogen and oxygen atoms in total. The molecule has 1 aromatic carbocycles. The third kappa shape index (κ3) is 4.96. The van der Waals surface area contributed by atoms with E-state index in [-0.39, 0.29) is 5.82 Å². The first-order valence-electron chi connectivity index (χ1n) is 6.75. The lowest BCUT2D eigenvalue weighted by atomic mass is 10.3. The fraction of sp³-hybridized carbons (Fsp3) is 0.357. The van der Waals surface area contributed by atoms with Crippen LogP contribution in [0.2, 0.25) is 0 Å². The van der Waals surface area contributed by atoms with Crippen molar-refractivity contribution in [3.63, 3.8) is 0 Å². The number of hydrogen-bond acceptors (Lipinski definition) is 6. The molecular formula is C14H19FN6. The monoisotopic (exact) mass is 290 g/mol. The Morgan fingerprint density at radius 3 is 2.81 bits per heavy atom. The van der Waals surface area contributed by atoms with E-state index in [0.29, 0.717) is 17.5 Å². The van der Waals surface area contributed by atoms with Gasteiger partial charge in [0.1, 0.15) is 5.82 Å². The molecule has 0 unspecified atom stereocenters. The smallest absolute Gasteiger partial charge is 0.244 e. The molecule has 2 N–H and O–H groups in total. The zero-order valence-electron chi connectivity index (χ0n) is 12.2. The number of para-hydroxylation sites is 1. The number of nitrogens with one attached hydrogen (secondary N) is 2. The molecule has 0 aliphatic carbocycles. The van der Waals surface area contributed by atoms with Gasteiger partial charge < -0.3 is 15.5 Å². The largest absolute Gasteiger partial charge is 0.353 e. The maximum absolute atomic E-state index is 13.6. The lowest BCUT2D eigenvalue weighted by molar-refractivity contribution is 0.405. The van der Waals surface area contributed by atoms with E-state index in [2.05, 4.69) is 30.7 Å². The Morgan fingerprint density at radius 1 is 1.24 bits per heavy atom. The highest BCUT2D eigenvalue weighted by Crippen LogP contribution is 2.17. The van der Waals surface area contributed by atoms with E-state index >= 15 is 0 Å². The SMILES string of the molecule is CN(C)CCCNc1nncc(Nc2ccccc2F)n1. The first kappa shape index (κ1) is 15.1. The number of rotatable bonds is 7. The fourth-order valence-corrected chi connectivity index (χ4v) is 1.73. The van der Waals surface area contributed by atoms with Crippen molar-refractivity contribution in [2.24, 2.45) is 0 Å². The maximum atomic E-state index is 13.6. The summed E-state index contributed by atoms with van der Waals surface area (Å²) in [5, 5.41) is 13.7. The van der Waals surface area contributed by atoms with Crippen molar-refractivity contribution in [1.82, 2.24) is 20.1 Å². The van der Waals surface area contributed by atoms with E-state index in [4.69, 9.17) is 0 Å². The van der Waals surface area contributed by atoms with Crippen LogP contribution < -0.4 is 10.6 Å². The predicted octanol–water partition coefficient (Wildman–Crippen LogP) is 2.12. The molecule has 2 aromatic rings. The van der Waals surface area contributed by atoms with Gasteiger partial charge in [-0.25, -0.2) is 4.39 Å². The van der Waals surface area contributed by atoms with Crippen LogP contribution in [-0.2, 0) is 0 Å². The number of nitrogens with zero attached hydrogens (tertiary/aromatic N) is 4. The van der Waals surface area contributed by atoms with Gasteiger partial charge in [-0.3, -0.25) is 0 Å². The van der Waals surface area contributed by atoms with Gasteiger partial charge in [-0.2, -0.15) is 10.1 Å². The van der Waals surface area contributed by atoms with Gasteiger partial charge in [-0.05, 0) is 39.2 Å². The Balaban J connectivity index is 1.93. The average molecular weight is 290 g/mol. The van der Waals surface area contributed by atoms with Crippen LogP contribution in [0.3, 0.4) is 0 Å². The average Bonchev–Trinajstić information content (AvgIpc) is 2.46. The van der Waals surface area contributed by atoms with Gasteiger partial charge in [-0.15, -0.1) is 5.10 Å². The second-order valence-electron chi connectivity index (χ2n) is 4.85. The zero-order chi connectivity index (χ0) is 15.1.